The molecule has 13 heteroatoms. The molecule has 160 valence electrons. The highest BCUT2D eigenvalue weighted by atomic mass is 32.2. The van der Waals surface area contributed by atoms with Gasteiger partial charge in [0.25, 0.3) is 5.91 Å². The molecule has 0 aliphatic carbocycles. The van der Waals surface area contributed by atoms with Gasteiger partial charge in [0.2, 0.25) is 16.0 Å². The summed E-state index contributed by atoms with van der Waals surface area (Å²) in [7, 11) is 3.59. The van der Waals surface area contributed by atoms with Crippen LogP contribution in [0.3, 0.4) is 0 Å². The number of anilines is 1. The maximum atomic E-state index is 14.6. The first-order chi connectivity index (χ1) is 14.2. The molecule has 0 radical (unpaired) electrons. The van der Waals surface area contributed by atoms with Crippen molar-refractivity contribution in [3.8, 4) is 0 Å². The Morgan fingerprint density at radius 2 is 2.00 bits per heavy atom. The fourth-order valence-electron chi connectivity index (χ4n) is 3.31. The van der Waals surface area contributed by atoms with Gasteiger partial charge in [-0.3, -0.25) is 15.2 Å². The lowest BCUT2D eigenvalue weighted by Crippen LogP contribution is -2.61. The Kier molecular flexibility index (Phi) is 5.68. The van der Waals surface area contributed by atoms with Crippen LogP contribution in [0.1, 0.15) is 28.5 Å². The summed E-state index contributed by atoms with van der Waals surface area (Å²) in [6.07, 6.45) is 1.64. The summed E-state index contributed by atoms with van der Waals surface area (Å²) in [4.78, 5) is 16.8. The summed E-state index contributed by atoms with van der Waals surface area (Å²) in [5, 5.41) is 13.2. The van der Waals surface area contributed by atoms with Crippen LogP contribution in [0.2, 0.25) is 0 Å². The number of nitrogens with one attached hydrogen (secondary N) is 3. The minimum atomic E-state index is -3.80. The smallest absolute Gasteiger partial charge is 0.274 e. The van der Waals surface area contributed by atoms with E-state index in [4.69, 9.17) is 5.41 Å². The van der Waals surface area contributed by atoms with Gasteiger partial charge in [0.15, 0.2) is 0 Å². The molecule has 1 amide bonds. The Labute approximate surface area is 183 Å². The highest BCUT2D eigenvalue weighted by molar-refractivity contribution is 7.89. The second-order valence-electron chi connectivity index (χ2n) is 8.86. The summed E-state index contributed by atoms with van der Waals surface area (Å²) in [6.45, 7) is 1.50. The Balaban J connectivity index is 1.88. The van der Waals surface area contributed by atoms with Gasteiger partial charge < -0.3 is 10.6 Å². The monoisotopic (exact) mass is 441 g/mol. The first-order valence-corrected chi connectivity index (χ1v) is 11.3. The second kappa shape index (κ2) is 7.70. The van der Waals surface area contributed by atoms with Crippen LogP contribution in [0.25, 0.3) is 0 Å². The van der Waals surface area contributed by atoms with Gasteiger partial charge in [-0.15, -0.1) is 0 Å². The predicted molar refractivity (Wildman–Crippen MR) is 126 cm³/mol. The van der Waals surface area contributed by atoms with Crippen molar-refractivity contribution >= 4 is 51.1 Å². The minimum absolute atomic E-state index is 0.0303. The van der Waals surface area contributed by atoms with Crippen LogP contribution in [0.4, 0.5) is 10.1 Å². The van der Waals surface area contributed by atoms with E-state index >= 15 is 0 Å². The number of nitrogens with zero attached hydrogens (tertiary/aromatic N) is 2. The van der Waals surface area contributed by atoms with Gasteiger partial charge >= 0.3 is 0 Å². The number of carbonyl (C=O) groups is 1. The third kappa shape index (κ3) is 4.61. The van der Waals surface area contributed by atoms with Crippen molar-refractivity contribution < 1.29 is 17.6 Å². The number of hydrogen-bond acceptors (Lipinski definition) is 5. The molecule has 1 aliphatic heterocycles. The van der Waals surface area contributed by atoms with E-state index in [0.717, 1.165) is 15.9 Å². The Bertz CT molecular complexity index is 1160. The SMILES string of the molecule is BC(B)(B)c1ccc(C(=O)Nc2ccc(F)c([C@]3(C)CS(=O)(=O)N(C)C(=N)N3)c2)nc1. The average Bonchev–Trinajstić information content (AvgIpc) is 2.66. The molecule has 0 bridgehead atoms. The molecule has 1 aromatic heterocycles. The quantitative estimate of drug-likeness (QED) is 0.500. The molecule has 1 aliphatic rings. The number of pyridine rings is 1. The minimum Gasteiger partial charge on any atom is -0.345 e. The van der Waals surface area contributed by atoms with Crippen LogP contribution in [0, 0.1) is 11.2 Å². The van der Waals surface area contributed by atoms with Gasteiger partial charge in [-0.2, -0.15) is 0 Å². The zero-order chi connectivity index (χ0) is 23.2. The number of halogens is 1. The van der Waals surface area contributed by atoms with Crippen molar-refractivity contribution in [1.82, 2.24) is 14.6 Å². The zero-order valence-electron chi connectivity index (χ0n) is 18.1. The third-order valence-corrected chi connectivity index (χ3v) is 7.24. The highest BCUT2D eigenvalue weighted by Crippen LogP contribution is 2.31. The van der Waals surface area contributed by atoms with Crippen molar-refractivity contribution in [2.24, 2.45) is 0 Å². The van der Waals surface area contributed by atoms with Gasteiger partial charge in [-0.25, -0.2) is 17.1 Å². The van der Waals surface area contributed by atoms with Crippen LogP contribution in [-0.2, 0) is 20.7 Å². The molecule has 31 heavy (non-hydrogen) atoms. The number of benzene rings is 1. The van der Waals surface area contributed by atoms with Crippen molar-refractivity contribution in [2.75, 3.05) is 18.1 Å². The lowest BCUT2D eigenvalue weighted by atomic mass is 9.40. The highest BCUT2D eigenvalue weighted by Gasteiger charge is 2.43. The van der Waals surface area contributed by atoms with E-state index in [0.29, 0.717) is 0 Å². The van der Waals surface area contributed by atoms with E-state index in [-0.39, 0.29) is 28.0 Å². The van der Waals surface area contributed by atoms with Gasteiger partial charge in [0.05, 0.1) is 34.8 Å². The lowest BCUT2D eigenvalue weighted by molar-refractivity contribution is 0.102. The largest absolute Gasteiger partial charge is 0.345 e. The first kappa shape index (κ1) is 22.9. The summed E-state index contributed by atoms with van der Waals surface area (Å²) >= 11 is 0. The number of rotatable bonds is 4. The van der Waals surface area contributed by atoms with Crippen LogP contribution in [-0.4, -0.2) is 65.9 Å². The van der Waals surface area contributed by atoms with E-state index in [1.165, 1.54) is 26.1 Å². The van der Waals surface area contributed by atoms with Crippen LogP contribution >= 0.6 is 0 Å². The number of carbonyl (C=O) groups excluding carboxylic acids is 1. The van der Waals surface area contributed by atoms with Gasteiger partial charge in [0.1, 0.15) is 11.5 Å². The van der Waals surface area contributed by atoms with Gasteiger partial charge in [-0.05, 0) is 36.8 Å². The summed E-state index contributed by atoms with van der Waals surface area (Å²) < 4.78 is 40.2. The molecular formula is C18H23B3FN5O3S. The molecule has 3 rings (SSSR count). The molecule has 8 nitrogen and oxygen atoms in total. The molecule has 2 aromatic rings. The molecule has 0 spiro atoms. The summed E-state index contributed by atoms with van der Waals surface area (Å²) in [5.74, 6) is -1.91. The van der Waals surface area contributed by atoms with Crippen molar-refractivity contribution in [1.29, 1.82) is 5.41 Å². The second-order valence-corrected chi connectivity index (χ2v) is 10.9. The van der Waals surface area contributed by atoms with E-state index in [2.05, 4.69) is 15.6 Å². The summed E-state index contributed by atoms with van der Waals surface area (Å²) in [5.41, 5.74) is 0.126. The molecule has 1 aromatic carbocycles. The Hall–Kier alpha value is -2.82. The Morgan fingerprint density at radius 1 is 1.32 bits per heavy atom. The van der Waals surface area contributed by atoms with Crippen LogP contribution in [0.15, 0.2) is 36.5 Å². The van der Waals surface area contributed by atoms with Crippen molar-refractivity contribution in [3.63, 3.8) is 0 Å². The molecule has 3 N–H and O–H groups in total. The summed E-state index contributed by atoms with van der Waals surface area (Å²) in [6, 6.07) is 7.37. The van der Waals surface area contributed by atoms with Crippen molar-refractivity contribution in [2.45, 2.75) is 17.6 Å². The molecule has 2 heterocycles. The van der Waals surface area contributed by atoms with Crippen molar-refractivity contribution in [3.05, 3.63) is 59.2 Å². The maximum Gasteiger partial charge on any atom is 0.274 e. The lowest BCUT2D eigenvalue weighted by Gasteiger charge is -2.40. The van der Waals surface area contributed by atoms with E-state index < -0.39 is 33.0 Å². The van der Waals surface area contributed by atoms with E-state index in [9.17, 15) is 17.6 Å². The fourth-order valence-corrected chi connectivity index (χ4v) is 4.79. The fraction of sp³-hybridized carbons (Fsp3) is 0.278. The van der Waals surface area contributed by atoms with E-state index in [1.54, 1.807) is 12.3 Å². The zero-order valence-corrected chi connectivity index (χ0v) is 18.9. The molecular weight excluding hydrogens is 418 g/mol. The molecule has 0 unspecified atom stereocenters. The van der Waals surface area contributed by atoms with E-state index in [1.807, 2.05) is 29.6 Å². The first-order valence-electron chi connectivity index (χ1n) is 9.64. The third-order valence-electron chi connectivity index (χ3n) is 5.28. The molecule has 1 fully saturated rings. The van der Waals surface area contributed by atoms with Crippen LogP contribution < -0.4 is 10.6 Å². The number of sulfonamides is 1. The Morgan fingerprint density at radius 3 is 2.55 bits per heavy atom. The normalized spacial score (nSPS) is 20.7. The average molecular weight is 441 g/mol. The molecule has 0 saturated carbocycles. The number of aromatic nitrogens is 1. The van der Waals surface area contributed by atoms with Crippen LogP contribution in [0.5, 0.6) is 0 Å². The maximum absolute atomic E-state index is 14.6. The standard InChI is InChI=1S/C18H23B3FN5O3S/c1-17(9-31(29,30)27(2)16(23)26-17)12-7-11(4-5-13(12)22)25-15(28)14-6-3-10(8-24-14)18(19,20)21/h3-8H,9,19-21H2,1-2H3,(H2,23,26)(H,25,28)/t17-/m0/s1. The predicted octanol–water partition coefficient (Wildman–Crippen LogP) is -1.50. The molecule has 1 saturated heterocycles. The number of guanidine groups is 1. The van der Waals surface area contributed by atoms with Gasteiger partial charge in [-0.1, -0.05) is 11.2 Å². The number of amides is 1. The van der Waals surface area contributed by atoms with Gasteiger partial charge in [0, 0.05) is 24.5 Å². The topological polar surface area (TPSA) is 115 Å². The molecule has 1 atom stereocenters. The number of hydrogen-bond donors (Lipinski definition) is 3.